The van der Waals surface area contributed by atoms with Gasteiger partial charge in [-0.1, -0.05) is 11.6 Å². The highest BCUT2D eigenvalue weighted by atomic mass is 35.5. The van der Waals surface area contributed by atoms with Gasteiger partial charge in [0, 0.05) is 10.4 Å². The second-order valence-electron chi connectivity index (χ2n) is 3.34. The minimum Gasteiger partial charge on any atom is -0.192 e. The molecule has 0 radical (unpaired) electrons. The lowest BCUT2D eigenvalue weighted by atomic mass is 10.1. The number of aryl methyl sites for hydroxylation is 1. The molecule has 0 heterocycles. The van der Waals surface area contributed by atoms with E-state index < -0.39 is 0 Å². The van der Waals surface area contributed by atoms with Gasteiger partial charge in [0.1, 0.15) is 35.4 Å². The third-order valence-electron chi connectivity index (χ3n) is 2.30. The average Bonchev–Trinajstić information content (AvgIpc) is 2.37. The Balaban J connectivity index is 3.96. The van der Waals surface area contributed by atoms with Gasteiger partial charge in [-0.15, -0.1) is 0 Å². The molecule has 84 valence electrons. The van der Waals surface area contributed by atoms with Gasteiger partial charge in [-0.3, -0.25) is 0 Å². The van der Waals surface area contributed by atoms with Crippen LogP contribution >= 0.6 is 11.6 Å². The number of nitriles is 4. The third-order valence-corrected chi connectivity index (χ3v) is 2.61. The largest absolute Gasteiger partial charge is 0.192 e. The fraction of sp³-hybridized carbons (Fsp3) is 0.0769. The van der Waals surface area contributed by atoms with Crippen LogP contribution in [0.4, 0.5) is 0 Å². The minimum atomic E-state index is -0.106. The molecule has 0 saturated heterocycles. The standard InChI is InChI=1S/C13H5ClN4/c1-8-2-12(10(6-17)7-18)13(14)3-11(8)9(4-15)5-16/h2-3H,1H3. The summed E-state index contributed by atoms with van der Waals surface area (Å²) < 4.78 is 0. The molecule has 0 bridgehead atoms. The van der Waals surface area contributed by atoms with Crippen molar-refractivity contribution in [1.82, 2.24) is 0 Å². The first-order valence-corrected chi connectivity index (χ1v) is 5.12. The first-order valence-electron chi connectivity index (χ1n) is 4.74. The average molecular weight is 253 g/mol. The van der Waals surface area contributed by atoms with Gasteiger partial charge in [0.2, 0.25) is 0 Å². The van der Waals surface area contributed by atoms with Crippen LogP contribution in [-0.4, -0.2) is 0 Å². The van der Waals surface area contributed by atoms with Gasteiger partial charge in [0.25, 0.3) is 0 Å². The van der Waals surface area contributed by atoms with Crippen LogP contribution in [0.1, 0.15) is 5.56 Å². The number of hydrogen-bond donors (Lipinski definition) is 0. The summed E-state index contributed by atoms with van der Waals surface area (Å²) in [4.78, 5) is 0. The monoisotopic (exact) mass is 252 g/mol. The summed E-state index contributed by atoms with van der Waals surface area (Å²) in [5, 5.41) is 36.1. The lowest BCUT2D eigenvalue weighted by Gasteiger charge is -1.98. The number of nitrogens with zero attached hydrogens (tertiary/aromatic N) is 4. The van der Waals surface area contributed by atoms with E-state index in [1.54, 1.807) is 31.2 Å². The molecule has 0 atom stereocenters. The van der Waals surface area contributed by atoms with Crippen molar-refractivity contribution in [3.8, 4) is 24.3 Å². The minimum absolute atomic E-state index is 0.0589. The van der Waals surface area contributed by atoms with Gasteiger partial charge in [-0.2, -0.15) is 21.0 Å². The van der Waals surface area contributed by atoms with E-state index in [9.17, 15) is 0 Å². The summed E-state index contributed by atoms with van der Waals surface area (Å²) in [5.74, 6) is 0. The van der Waals surface area contributed by atoms with E-state index in [1.165, 1.54) is 12.1 Å². The van der Waals surface area contributed by atoms with Crippen molar-refractivity contribution >= 4 is 22.7 Å². The van der Waals surface area contributed by atoms with Crippen molar-refractivity contribution in [2.75, 3.05) is 0 Å². The van der Waals surface area contributed by atoms with E-state index in [0.29, 0.717) is 16.0 Å². The van der Waals surface area contributed by atoms with Crippen molar-refractivity contribution in [3.63, 3.8) is 0 Å². The first-order chi connectivity index (χ1) is 8.58. The molecule has 0 amide bonds. The molecule has 0 aliphatic heterocycles. The zero-order chi connectivity index (χ0) is 13.7. The Morgan fingerprint density at radius 3 is 1.78 bits per heavy atom. The van der Waals surface area contributed by atoms with Gasteiger partial charge >= 0.3 is 0 Å². The molecule has 18 heavy (non-hydrogen) atoms. The lowest BCUT2D eigenvalue weighted by Crippen LogP contribution is -2.17. The molecule has 0 aliphatic rings. The van der Waals surface area contributed by atoms with Crippen molar-refractivity contribution < 1.29 is 0 Å². The molecule has 1 rings (SSSR count). The molecule has 4 nitrogen and oxygen atoms in total. The Labute approximate surface area is 108 Å². The van der Waals surface area contributed by atoms with Crippen LogP contribution in [-0.2, 0) is 0 Å². The number of rotatable bonds is 0. The normalized spacial score (nSPS) is 8.33. The fourth-order valence-corrected chi connectivity index (χ4v) is 1.69. The molecule has 0 N–H and O–H groups in total. The van der Waals surface area contributed by atoms with Crippen LogP contribution in [0.25, 0.3) is 11.1 Å². The zero-order valence-electron chi connectivity index (χ0n) is 9.32. The third kappa shape index (κ3) is 2.31. The van der Waals surface area contributed by atoms with E-state index >= 15 is 0 Å². The first kappa shape index (κ1) is 13.3. The predicted molar refractivity (Wildman–Crippen MR) is 64.7 cm³/mol. The van der Waals surface area contributed by atoms with Crippen LogP contribution in [0.15, 0.2) is 12.1 Å². The second kappa shape index (κ2) is 5.51. The van der Waals surface area contributed by atoms with E-state index in [2.05, 4.69) is 0 Å². The molecular weight excluding hydrogens is 248 g/mol. The Kier molecular flexibility index (Phi) is 4.07. The summed E-state index contributed by atoms with van der Waals surface area (Å²) in [5.41, 5.74) is 0.442. The Morgan fingerprint density at radius 2 is 1.33 bits per heavy atom. The fourth-order valence-electron chi connectivity index (χ4n) is 1.43. The van der Waals surface area contributed by atoms with Crippen LogP contribution in [0.5, 0.6) is 0 Å². The molecule has 0 unspecified atom stereocenters. The smallest absolute Gasteiger partial charge is 0.138 e. The highest BCUT2D eigenvalue weighted by Gasteiger charge is 2.05. The van der Waals surface area contributed by atoms with Crippen LogP contribution in [0.2, 0.25) is 5.02 Å². The summed E-state index contributed by atoms with van der Waals surface area (Å²) in [6, 6.07) is 9.98. The van der Waals surface area contributed by atoms with Gasteiger partial charge in [0.15, 0.2) is 0 Å². The summed E-state index contributed by atoms with van der Waals surface area (Å²) in [6.45, 7) is 1.68. The molecule has 0 fully saturated rings. The molecule has 0 saturated carbocycles. The van der Waals surface area contributed by atoms with Crippen LogP contribution in [0, 0.1) is 52.2 Å². The van der Waals surface area contributed by atoms with E-state index in [1.807, 2.05) is 0 Å². The van der Waals surface area contributed by atoms with Crippen LogP contribution in [0.3, 0.4) is 0 Å². The number of halogens is 1. The summed E-state index contributed by atoms with van der Waals surface area (Å²) in [6.07, 6.45) is 0. The molecule has 5 heteroatoms. The van der Waals surface area contributed by atoms with Gasteiger partial charge < -0.3 is 0 Å². The number of benzene rings is 1. The summed E-state index contributed by atoms with van der Waals surface area (Å²) >= 11 is 5.96. The maximum absolute atomic E-state index is 8.80. The SMILES string of the molecule is Cc1cc(=C(C#N)C#N)c(Cl)cc1=C(C#N)C#N. The molecule has 0 aromatic heterocycles. The number of hydrogen-bond acceptors (Lipinski definition) is 4. The highest BCUT2D eigenvalue weighted by molar-refractivity contribution is 6.31. The lowest BCUT2D eigenvalue weighted by molar-refractivity contribution is 1.36. The molecular formula is C13H5ClN4. The van der Waals surface area contributed by atoms with Gasteiger partial charge in [-0.25, -0.2) is 0 Å². The molecule has 1 aromatic rings. The predicted octanol–water partition coefficient (Wildman–Crippen LogP) is 1.04. The van der Waals surface area contributed by atoms with Crippen molar-refractivity contribution in [1.29, 1.82) is 21.0 Å². The van der Waals surface area contributed by atoms with Gasteiger partial charge in [0.05, 0.1) is 5.02 Å². The maximum Gasteiger partial charge on any atom is 0.138 e. The quantitative estimate of drug-likeness (QED) is 0.689. The van der Waals surface area contributed by atoms with E-state index in [0.717, 1.165) is 0 Å². The van der Waals surface area contributed by atoms with Gasteiger partial charge in [-0.05, 0) is 24.6 Å². The Hall–Kier alpha value is -2.79. The topological polar surface area (TPSA) is 95.2 Å². The van der Waals surface area contributed by atoms with Crippen LogP contribution < -0.4 is 10.4 Å². The maximum atomic E-state index is 8.80. The van der Waals surface area contributed by atoms with Crippen molar-refractivity contribution in [2.24, 2.45) is 0 Å². The van der Waals surface area contributed by atoms with E-state index in [4.69, 9.17) is 32.6 Å². The van der Waals surface area contributed by atoms with E-state index in [-0.39, 0.29) is 16.2 Å². The Bertz CT molecular complexity index is 690. The van der Waals surface area contributed by atoms with Crippen molar-refractivity contribution in [3.05, 3.63) is 33.2 Å². The zero-order valence-corrected chi connectivity index (χ0v) is 10.1. The van der Waals surface area contributed by atoms with Crippen molar-refractivity contribution in [2.45, 2.75) is 6.92 Å². The second-order valence-corrected chi connectivity index (χ2v) is 3.75. The molecule has 0 spiro atoms. The highest BCUT2D eigenvalue weighted by Crippen LogP contribution is 2.03. The molecule has 1 aromatic carbocycles. The Morgan fingerprint density at radius 1 is 0.889 bits per heavy atom. The summed E-state index contributed by atoms with van der Waals surface area (Å²) in [7, 11) is 0. The molecule has 0 aliphatic carbocycles.